The van der Waals surface area contributed by atoms with E-state index < -0.39 is 0 Å². The normalized spacial score (nSPS) is 21.1. The van der Waals surface area contributed by atoms with Crippen LogP contribution in [0.3, 0.4) is 0 Å². The minimum Gasteiger partial charge on any atom is -0.462 e. The first-order chi connectivity index (χ1) is 14.9. The van der Waals surface area contributed by atoms with Crippen molar-refractivity contribution >= 4 is 11.9 Å². The molecule has 0 bridgehead atoms. The maximum atomic E-state index is 12.2. The fraction of sp³-hybridized carbons (Fsp3) is 0.769. The summed E-state index contributed by atoms with van der Waals surface area (Å²) in [6, 6.07) is 0. The zero-order valence-corrected chi connectivity index (χ0v) is 20.7. The Hall–Kier alpha value is -1.82. The van der Waals surface area contributed by atoms with Crippen molar-refractivity contribution in [2.75, 3.05) is 0 Å². The molecule has 2 heterocycles. The van der Waals surface area contributed by atoms with Crippen LogP contribution in [0.25, 0.3) is 0 Å². The molecule has 0 saturated carbocycles. The molecular formula is C26H44N2O4. The molecule has 0 spiro atoms. The second-order valence-corrected chi connectivity index (χ2v) is 10.9. The van der Waals surface area contributed by atoms with Crippen LogP contribution in [0.1, 0.15) is 105 Å². The summed E-state index contributed by atoms with van der Waals surface area (Å²) in [4.78, 5) is 24.3. The molecular weight excluding hydrogens is 404 g/mol. The predicted molar refractivity (Wildman–Crippen MR) is 128 cm³/mol. The van der Waals surface area contributed by atoms with Crippen molar-refractivity contribution in [3.05, 3.63) is 24.6 Å². The second-order valence-electron chi connectivity index (χ2n) is 10.9. The molecule has 2 fully saturated rings. The summed E-state index contributed by atoms with van der Waals surface area (Å²) in [6.45, 7) is 16.4. The predicted octanol–water partition coefficient (Wildman–Crippen LogP) is 5.28. The van der Waals surface area contributed by atoms with Gasteiger partial charge in [0.05, 0.1) is 0 Å². The Morgan fingerprint density at radius 1 is 0.781 bits per heavy atom. The van der Waals surface area contributed by atoms with E-state index >= 15 is 0 Å². The monoisotopic (exact) mass is 448 g/mol. The Morgan fingerprint density at radius 2 is 1.19 bits per heavy atom. The molecule has 0 aromatic heterocycles. The lowest BCUT2D eigenvalue weighted by atomic mass is 9.81. The highest BCUT2D eigenvalue weighted by Crippen LogP contribution is 2.30. The molecule has 6 nitrogen and oxygen atoms in total. The van der Waals surface area contributed by atoms with Gasteiger partial charge in [-0.1, -0.05) is 38.8 Å². The molecule has 2 aliphatic heterocycles. The van der Waals surface area contributed by atoms with Gasteiger partial charge in [-0.15, -0.1) is 0 Å². The van der Waals surface area contributed by atoms with Crippen molar-refractivity contribution in [3.8, 4) is 0 Å². The Morgan fingerprint density at radius 3 is 1.66 bits per heavy atom. The Bertz CT molecular complexity index is 651. The van der Waals surface area contributed by atoms with Crippen LogP contribution in [0.5, 0.6) is 0 Å². The number of piperidine rings is 2. The molecule has 2 N–H and O–H groups in total. The first-order valence-electron chi connectivity index (χ1n) is 12.2. The number of rotatable bonds is 11. The summed E-state index contributed by atoms with van der Waals surface area (Å²) in [5, 5.41) is 6.69. The van der Waals surface area contributed by atoms with Crippen LogP contribution < -0.4 is 10.6 Å². The highest BCUT2D eigenvalue weighted by molar-refractivity contribution is 5.70. The summed E-state index contributed by atoms with van der Waals surface area (Å²) >= 11 is 0. The zero-order valence-electron chi connectivity index (χ0n) is 20.7. The van der Waals surface area contributed by atoms with Gasteiger partial charge >= 0.3 is 11.9 Å². The SMILES string of the molecule is C=C1CC(OC(=O)CCCCCCCCC(=O)OC2CC(C)(C)NC(C)(C)C2)CC(=C)N1. The number of carbonyl (C=O) groups is 2. The van der Waals surface area contributed by atoms with E-state index in [1.807, 2.05) is 0 Å². The summed E-state index contributed by atoms with van der Waals surface area (Å²) < 4.78 is 11.3. The van der Waals surface area contributed by atoms with Gasteiger partial charge in [-0.05, 0) is 40.5 Å². The minimum absolute atomic E-state index is 0.00508. The number of hydrogen-bond acceptors (Lipinski definition) is 6. The van der Waals surface area contributed by atoms with Gasteiger partial charge in [-0.3, -0.25) is 9.59 Å². The average molecular weight is 449 g/mol. The summed E-state index contributed by atoms with van der Waals surface area (Å²) in [5.41, 5.74) is 1.67. The topological polar surface area (TPSA) is 76.7 Å². The number of nitrogens with one attached hydrogen (secondary N) is 2. The van der Waals surface area contributed by atoms with Crippen molar-refractivity contribution in [1.29, 1.82) is 0 Å². The first-order valence-corrected chi connectivity index (χ1v) is 12.2. The molecule has 2 aliphatic rings. The molecule has 0 radical (unpaired) electrons. The van der Waals surface area contributed by atoms with E-state index in [0.29, 0.717) is 25.7 Å². The molecule has 182 valence electrons. The van der Waals surface area contributed by atoms with Crippen LogP contribution in [-0.2, 0) is 19.1 Å². The lowest BCUT2D eigenvalue weighted by molar-refractivity contribution is -0.153. The Balaban J connectivity index is 1.48. The number of hydrogen-bond donors (Lipinski definition) is 2. The highest BCUT2D eigenvalue weighted by atomic mass is 16.5. The smallest absolute Gasteiger partial charge is 0.306 e. The van der Waals surface area contributed by atoms with Crippen molar-refractivity contribution in [2.24, 2.45) is 0 Å². The van der Waals surface area contributed by atoms with E-state index in [1.54, 1.807) is 0 Å². The van der Waals surface area contributed by atoms with Gasteiger partial charge in [0, 0.05) is 61.0 Å². The standard InChI is InChI=1S/C26H44N2O4/c1-19-15-21(16-20(2)27-19)31-23(29)13-11-9-7-8-10-12-14-24(30)32-22-17-25(3,4)28-26(5,6)18-22/h21-22,27-28H,1-2,7-18H2,3-6H3. The quantitative estimate of drug-likeness (QED) is 0.331. The van der Waals surface area contributed by atoms with E-state index in [2.05, 4.69) is 51.5 Å². The minimum atomic E-state index is -0.135. The third-order valence-electron chi connectivity index (χ3n) is 6.06. The Labute approximate surface area is 194 Å². The fourth-order valence-corrected chi connectivity index (χ4v) is 5.10. The fourth-order valence-electron chi connectivity index (χ4n) is 5.10. The van der Waals surface area contributed by atoms with Crippen molar-refractivity contribution in [3.63, 3.8) is 0 Å². The van der Waals surface area contributed by atoms with E-state index in [9.17, 15) is 9.59 Å². The molecule has 0 aromatic carbocycles. The lowest BCUT2D eigenvalue weighted by Crippen LogP contribution is -2.59. The molecule has 0 aliphatic carbocycles. The number of esters is 2. The molecule has 2 saturated heterocycles. The molecule has 6 heteroatoms. The van der Waals surface area contributed by atoms with Crippen LogP contribution in [0.4, 0.5) is 0 Å². The number of ether oxygens (including phenoxy) is 2. The van der Waals surface area contributed by atoms with Gasteiger partial charge in [0.1, 0.15) is 12.2 Å². The van der Waals surface area contributed by atoms with Gasteiger partial charge in [0.25, 0.3) is 0 Å². The maximum absolute atomic E-state index is 12.2. The van der Waals surface area contributed by atoms with Crippen molar-refractivity contribution < 1.29 is 19.1 Å². The molecule has 32 heavy (non-hydrogen) atoms. The van der Waals surface area contributed by atoms with E-state index in [4.69, 9.17) is 9.47 Å². The highest BCUT2D eigenvalue weighted by Gasteiger charge is 2.39. The molecule has 0 atom stereocenters. The van der Waals surface area contributed by atoms with Gasteiger partial charge < -0.3 is 20.1 Å². The van der Waals surface area contributed by atoms with Gasteiger partial charge in [0.15, 0.2) is 0 Å². The summed E-state index contributed by atoms with van der Waals surface area (Å²) in [7, 11) is 0. The van der Waals surface area contributed by atoms with E-state index in [0.717, 1.165) is 62.8 Å². The molecule has 0 unspecified atom stereocenters. The van der Waals surface area contributed by atoms with Crippen LogP contribution in [0.2, 0.25) is 0 Å². The van der Waals surface area contributed by atoms with Crippen molar-refractivity contribution in [1.82, 2.24) is 10.6 Å². The lowest BCUT2D eigenvalue weighted by Gasteiger charge is -2.45. The van der Waals surface area contributed by atoms with Crippen LogP contribution in [0.15, 0.2) is 24.6 Å². The van der Waals surface area contributed by atoms with Crippen molar-refractivity contribution in [2.45, 2.75) is 128 Å². The first kappa shape index (κ1) is 26.4. The number of unbranched alkanes of at least 4 members (excludes halogenated alkanes) is 5. The number of carbonyl (C=O) groups excluding carboxylic acids is 2. The molecule has 2 rings (SSSR count). The zero-order chi connectivity index (χ0) is 23.8. The van der Waals surface area contributed by atoms with Gasteiger partial charge in [0.2, 0.25) is 0 Å². The van der Waals surface area contributed by atoms with Crippen LogP contribution in [0, 0.1) is 0 Å². The average Bonchev–Trinajstić information content (AvgIpc) is 2.60. The van der Waals surface area contributed by atoms with Gasteiger partial charge in [-0.25, -0.2) is 0 Å². The van der Waals surface area contributed by atoms with Gasteiger partial charge in [-0.2, -0.15) is 0 Å². The Kier molecular flexibility index (Phi) is 9.81. The van der Waals surface area contributed by atoms with Crippen LogP contribution >= 0.6 is 0 Å². The summed E-state index contributed by atoms with van der Waals surface area (Å²) in [6.07, 6.45) is 9.69. The maximum Gasteiger partial charge on any atom is 0.306 e. The largest absolute Gasteiger partial charge is 0.462 e. The van der Waals surface area contributed by atoms with E-state index in [-0.39, 0.29) is 35.2 Å². The third-order valence-corrected chi connectivity index (χ3v) is 6.06. The molecule has 0 aromatic rings. The molecule has 0 amide bonds. The second kappa shape index (κ2) is 11.9. The van der Waals surface area contributed by atoms with Crippen LogP contribution in [-0.4, -0.2) is 35.2 Å². The third kappa shape index (κ3) is 10.2. The summed E-state index contributed by atoms with van der Waals surface area (Å²) in [5.74, 6) is -0.209. The van der Waals surface area contributed by atoms with E-state index in [1.165, 1.54) is 0 Å².